The predicted molar refractivity (Wildman–Crippen MR) is 103 cm³/mol. The molecule has 0 aliphatic carbocycles. The van der Waals surface area contributed by atoms with Gasteiger partial charge in [-0.3, -0.25) is 14.9 Å². The summed E-state index contributed by atoms with van der Waals surface area (Å²) in [5, 5.41) is 13.7. The van der Waals surface area contributed by atoms with Crippen LogP contribution in [0.2, 0.25) is 0 Å². The average Bonchev–Trinajstić information content (AvgIpc) is 2.64. The molecule has 2 rings (SSSR count). The Morgan fingerprint density at radius 3 is 2.58 bits per heavy atom. The molecule has 1 N–H and O–H groups in total. The van der Waals surface area contributed by atoms with Gasteiger partial charge >= 0.3 is 0 Å². The predicted octanol–water partition coefficient (Wildman–Crippen LogP) is 3.25. The SMILES string of the molecule is CN(CCCNC(=O)C=Cc1ccccc1[N+](=O)[O-])Cc1ccccc1. The number of para-hydroxylation sites is 1. The Balaban J connectivity index is 1.71. The molecular formula is C20H23N3O3. The van der Waals surface area contributed by atoms with E-state index >= 15 is 0 Å². The van der Waals surface area contributed by atoms with Crippen LogP contribution in [0.25, 0.3) is 6.08 Å². The molecule has 0 bridgehead atoms. The summed E-state index contributed by atoms with van der Waals surface area (Å²) in [5.74, 6) is -0.256. The van der Waals surface area contributed by atoms with Crippen molar-refractivity contribution in [2.75, 3.05) is 20.1 Å². The lowest BCUT2D eigenvalue weighted by Gasteiger charge is -2.16. The second-order valence-electron chi connectivity index (χ2n) is 6.02. The van der Waals surface area contributed by atoms with Gasteiger partial charge in [0.05, 0.1) is 10.5 Å². The van der Waals surface area contributed by atoms with Gasteiger partial charge in [-0.2, -0.15) is 0 Å². The van der Waals surface area contributed by atoms with Crippen LogP contribution in [-0.2, 0) is 11.3 Å². The number of carbonyl (C=O) groups excluding carboxylic acids is 1. The molecule has 0 fully saturated rings. The van der Waals surface area contributed by atoms with E-state index in [1.165, 1.54) is 23.8 Å². The van der Waals surface area contributed by atoms with E-state index in [0.29, 0.717) is 12.1 Å². The van der Waals surface area contributed by atoms with Crippen molar-refractivity contribution >= 4 is 17.7 Å². The first-order chi connectivity index (χ1) is 12.6. The maximum Gasteiger partial charge on any atom is 0.276 e. The molecule has 0 unspecified atom stereocenters. The molecule has 0 heterocycles. The van der Waals surface area contributed by atoms with Crippen molar-refractivity contribution in [3.05, 3.63) is 81.9 Å². The van der Waals surface area contributed by atoms with Gasteiger partial charge in [-0.25, -0.2) is 0 Å². The van der Waals surface area contributed by atoms with Crippen molar-refractivity contribution < 1.29 is 9.72 Å². The number of hydrogen-bond donors (Lipinski definition) is 1. The number of nitro benzene ring substituents is 1. The summed E-state index contributed by atoms with van der Waals surface area (Å²) in [7, 11) is 2.04. The van der Waals surface area contributed by atoms with E-state index in [0.717, 1.165) is 19.5 Å². The lowest BCUT2D eigenvalue weighted by Crippen LogP contribution is -2.26. The lowest BCUT2D eigenvalue weighted by atomic mass is 10.1. The summed E-state index contributed by atoms with van der Waals surface area (Å²) >= 11 is 0. The third-order valence-electron chi connectivity index (χ3n) is 3.86. The number of benzene rings is 2. The second-order valence-corrected chi connectivity index (χ2v) is 6.02. The highest BCUT2D eigenvalue weighted by Crippen LogP contribution is 2.18. The quantitative estimate of drug-likeness (QED) is 0.325. The van der Waals surface area contributed by atoms with Gasteiger partial charge in [0.1, 0.15) is 0 Å². The Kier molecular flexibility index (Phi) is 7.51. The molecule has 0 spiro atoms. The van der Waals surface area contributed by atoms with Gasteiger partial charge < -0.3 is 10.2 Å². The Morgan fingerprint density at radius 1 is 1.15 bits per heavy atom. The van der Waals surface area contributed by atoms with Crippen LogP contribution in [0.3, 0.4) is 0 Å². The van der Waals surface area contributed by atoms with Gasteiger partial charge in [0.25, 0.3) is 5.69 Å². The first-order valence-electron chi connectivity index (χ1n) is 8.48. The maximum atomic E-state index is 11.9. The lowest BCUT2D eigenvalue weighted by molar-refractivity contribution is -0.385. The molecule has 2 aromatic rings. The minimum Gasteiger partial charge on any atom is -0.353 e. The van der Waals surface area contributed by atoms with Gasteiger partial charge in [-0.15, -0.1) is 0 Å². The summed E-state index contributed by atoms with van der Waals surface area (Å²) in [6.45, 7) is 2.29. The van der Waals surface area contributed by atoms with Crippen LogP contribution < -0.4 is 5.32 Å². The van der Waals surface area contributed by atoms with E-state index in [9.17, 15) is 14.9 Å². The Morgan fingerprint density at radius 2 is 1.85 bits per heavy atom. The molecule has 26 heavy (non-hydrogen) atoms. The highest BCUT2D eigenvalue weighted by molar-refractivity contribution is 5.92. The Hall–Kier alpha value is -2.99. The maximum absolute atomic E-state index is 11.9. The first kappa shape index (κ1) is 19.3. The van der Waals surface area contributed by atoms with E-state index < -0.39 is 4.92 Å². The zero-order chi connectivity index (χ0) is 18.8. The van der Waals surface area contributed by atoms with Crippen LogP contribution in [0, 0.1) is 10.1 Å². The smallest absolute Gasteiger partial charge is 0.276 e. The van der Waals surface area contributed by atoms with E-state index in [4.69, 9.17) is 0 Å². The molecule has 2 aromatic carbocycles. The minimum absolute atomic E-state index is 0.0147. The fourth-order valence-corrected chi connectivity index (χ4v) is 2.55. The molecule has 0 aliphatic rings. The van der Waals surface area contributed by atoms with Crippen molar-refractivity contribution in [1.29, 1.82) is 0 Å². The number of nitrogens with one attached hydrogen (secondary N) is 1. The highest BCUT2D eigenvalue weighted by atomic mass is 16.6. The Bertz CT molecular complexity index is 760. The topological polar surface area (TPSA) is 75.5 Å². The first-order valence-corrected chi connectivity index (χ1v) is 8.48. The molecular weight excluding hydrogens is 330 g/mol. The standard InChI is InChI=1S/C20H23N3O3/c1-22(16-17-8-3-2-4-9-17)15-7-14-21-20(24)13-12-18-10-5-6-11-19(18)23(25)26/h2-6,8-13H,7,14-16H2,1H3,(H,21,24). The molecule has 0 saturated carbocycles. The number of hydrogen-bond acceptors (Lipinski definition) is 4. The molecule has 0 radical (unpaired) electrons. The fraction of sp³-hybridized carbons (Fsp3) is 0.250. The average molecular weight is 353 g/mol. The summed E-state index contributed by atoms with van der Waals surface area (Å²) in [6, 6.07) is 16.5. The van der Waals surface area contributed by atoms with E-state index in [1.807, 2.05) is 25.2 Å². The molecule has 1 amide bonds. The van der Waals surface area contributed by atoms with E-state index in [1.54, 1.807) is 18.2 Å². The third kappa shape index (κ3) is 6.49. The van der Waals surface area contributed by atoms with Crippen LogP contribution in [0.15, 0.2) is 60.7 Å². The van der Waals surface area contributed by atoms with Gasteiger partial charge in [-0.1, -0.05) is 42.5 Å². The molecule has 0 aliphatic heterocycles. The van der Waals surface area contributed by atoms with Gasteiger partial charge in [0.2, 0.25) is 5.91 Å². The highest BCUT2D eigenvalue weighted by Gasteiger charge is 2.09. The molecule has 0 saturated heterocycles. The van der Waals surface area contributed by atoms with E-state index in [2.05, 4.69) is 22.3 Å². The van der Waals surface area contributed by atoms with Crippen LogP contribution in [0.1, 0.15) is 17.5 Å². The van der Waals surface area contributed by atoms with Crippen LogP contribution in [0.5, 0.6) is 0 Å². The molecule has 0 atom stereocenters. The van der Waals surface area contributed by atoms with Crippen molar-refractivity contribution in [1.82, 2.24) is 10.2 Å². The van der Waals surface area contributed by atoms with E-state index in [-0.39, 0.29) is 11.6 Å². The largest absolute Gasteiger partial charge is 0.353 e. The number of amides is 1. The molecule has 6 nitrogen and oxygen atoms in total. The summed E-state index contributed by atoms with van der Waals surface area (Å²) < 4.78 is 0. The zero-order valence-electron chi connectivity index (χ0n) is 14.8. The second kappa shape index (κ2) is 10.1. The summed E-state index contributed by atoms with van der Waals surface area (Å²) in [4.78, 5) is 24.5. The third-order valence-corrected chi connectivity index (χ3v) is 3.86. The van der Waals surface area contributed by atoms with Crippen LogP contribution in [-0.4, -0.2) is 35.9 Å². The minimum atomic E-state index is -0.458. The normalized spacial score (nSPS) is 11.0. The van der Waals surface area contributed by atoms with Crippen LogP contribution in [0.4, 0.5) is 5.69 Å². The van der Waals surface area contributed by atoms with Crippen LogP contribution >= 0.6 is 0 Å². The van der Waals surface area contributed by atoms with Gasteiger partial charge in [0, 0.05) is 25.2 Å². The van der Waals surface area contributed by atoms with Gasteiger partial charge in [-0.05, 0) is 37.7 Å². The summed E-state index contributed by atoms with van der Waals surface area (Å²) in [5.41, 5.74) is 1.65. The van der Waals surface area contributed by atoms with Crippen molar-refractivity contribution in [3.63, 3.8) is 0 Å². The monoisotopic (exact) mass is 353 g/mol. The zero-order valence-corrected chi connectivity index (χ0v) is 14.8. The molecule has 136 valence electrons. The molecule has 0 aromatic heterocycles. The number of nitrogens with zero attached hydrogens (tertiary/aromatic N) is 2. The van der Waals surface area contributed by atoms with Crippen molar-refractivity contribution in [2.45, 2.75) is 13.0 Å². The number of rotatable bonds is 9. The van der Waals surface area contributed by atoms with Crippen molar-refractivity contribution in [3.8, 4) is 0 Å². The number of carbonyl (C=O) groups is 1. The summed E-state index contributed by atoms with van der Waals surface area (Å²) in [6.07, 6.45) is 3.62. The fourth-order valence-electron chi connectivity index (χ4n) is 2.55. The molecule has 6 heteroatoms. The van der Waals surface area contributed by atoms with Crippen molar-refractivity contribution in [2.24, 2.45) is 0 Å². The number of nitro groups is 1. The van der Waals surface area contributed by atoms with Gasteiger partial charge in [0.15, 0.2) is 0 Å². The Labute approximate surface area is 153 Å².